The molecule has 0 aliphatic carbocycles. The van der Waals surface area contributed by atoms with Crippen LogP contribution in [-0.2, 0) is 0 Å². The highest BCUT2D eigenvalue weighted by atomic mass is 16.4. The molecule has 2 aromatic heterocycles. The largest absolute Gasteiger partial charge is 0.420 e. The van der Waals surface area contributed by atoms with Gasteiger partial charge in [0.05, 0.1) is 11.7 Å². The highest BCUT2D eigenvalue weighted by molar-refractivity contribution is 5.80. The number of fused-ring (bicyclic) bond motifs is 1. The maximum absolute atomic E-state index is 5.72. The van der Waals surface area contributed by atoms with Crippen LogP contribution in [0.3, 0.4) is 0 Å². The lowest BCUT2D eigenvalue weighted by atomic mass is 10.2. The second-order valence-corrected chi connectivity index (χ2v) is 4.91. The first-order valence-corrected chi connectivity index (χ1v) is 7.02. The third-order valence-corrected chi connectivity index (χ3v) is 3.38. The average molecular weight is 287 g/mol. The van der Waals surface area contributed by atoms with E-state index in [1.807, 2.05) is 66.7 Å². The molecule has 0 aliphatic heterocycles. The summed E-state index contributed by atoms with van der Waals surface area (Å²) in [6.07, 6.45) is 1.67. The van der Waals surface area contributed by atoms with Crippen LogP contribution in [0, 0.1) is 0 Å². The van der Waals surface area contributed by atoms with Gasteiger partial charge in [0.1, 0.15) is 5.82 Å². The Hall–Kier alpha value is -3.14. The minimum absolute atomic E-state index is 0.571. The normalized spacial score (nSPS) is 10.7. The van der Waals surface area contributed by atoms with Crippen LogP contribution in [0.5, 0.6) is 0 Å². The molecule has 22 heavy (non-hydrogen) atoms. The van der Waals surface area contributed by atoms with Crippen LogP contribution in [0.4, 0.5) is 11.7 Å². The second-order valence-electron chi connectivity index (χ2n) is 4.91. The van der Waals surface area contributed by atoms with Gasteiger partial charge in [-0.05, 0) is 30.3 Å². The van der Waals surface area contributed by atoms with Crippen LogP contribution in [0.15, 0.2) is 77.3 Å². The molecule has 2 heterocycles. The van der Waals surface area contributed by atoms with Crippen molar-refractivity contribution in [1.29, 1.82) is 0 Å². The van der Waals surface area contributed by atoms with Gasteiger partial charge in [0.25, 0.3) is 0 Å². The van der Waals surface area contributed by atoms with Crippen LogP contribution in [0.25, 0.3) is 22.4 Å². The first-order chi connectivity index (χ1) is 10.9. The van der Waals surface area contributed by atoms with Crippen LogP contribution in [-0.4, -0.2) is 9.97 Å². The Balaban J connectivity index is 1.61. The molecule has 4 nitrogen and oxygen atoms in total. The third-order valence-electron chi connectivity index (χ3n) is 3.38. The predicted octanol–water partition coefficient (Wildman–Crippen LogP) is 4.63. The highest BCUT2D eigenvalue weighted by Gasteiger charge is 2.07. The molecule has 0 fully saturated rings. The number of para-hydroxylation sites is 1. The summed E-state index contributed by atoms with van der Waals surface area (Å²) < 4.78 is 5.72. The molecule has 0 radical (unpaired) electrons. The van der Waals surface area contributed by atoms with E-state index >= 15 is 0 Å². The molecule has 1 N–H and O–H groups in total. The number of pyridine rings is 1. The van der Waals surface area contributed by atoms with Crippen LogP contribution < -0.4 is 5.32 Å². The first-order valence-electron chi connectivity index (χ1n) is 7.02. The van der Waals surface area contributed by atoms with Gasteiger partial charge in [-0.25, -0.2) is 9.97 Å². The molecule has 4 heteroatoms. The maximum Gasteiger partial charge on any atom is 0.228 e. The summed E-state index contributed by atoms with van der Waals surface area (Å²) in [6.45, 7) is 0. The van der Waals surface area contributed by atoms with Crippen molar-refractivity contribution in [2.75, 3.05) is 5.32 Å². The van der Waals surface area contributed by atoms with Gasteiger partial charge in [0.15, 0.2) is 0 Å². The topological polar surface area (TPSA) is 51.0 Å². The van der Waals surface area contributed by atoms with E-state index in [4.69, 9.17) is 4.42 Å². The Morgan fingerprint density at radius 3 is 2.55 bits per heavy atom. The quantitative estimate of drug-likeness (QED) is 0.596. The zero-order valence-electron chi connectivity index (χ0n) is 11.7. The molecule has 2 aromatic carbocycles. The molecule has 0 spiro atoms. The van der Waals surface area contributed by atoms with Crippen molar-refractivity contribution in [1.82, 2.24) is 9.97 Å². The van der Waals surface area contributed by atoms with Crippen molar-refractivity contribution in [3.05, 3.63) is 72.9 Å². The Bertz CT molecular complexity index is 916. The summed E-state index contributed by atoms with van der Waals surface area (Å²) in [5.74, 6) is 1.89. The molecule has 0 atom stereocenters. The van der Waals surface area contributed by atoms with Crippen LogP contribution in [0.2, 0.25) is 0 Å². The number of aromatic nitrogens is 2. The Morgan fingerprint density at radius 1 is 0.818 bits per heavy atom. The minimum atomic E-state index is 0.571. The summed E-state index contributed by atoms with van der Waals surface area (Å²) >= 11 is 0. The summed E-state index contributed by atoms with van der Waals surface area (Å²) in [7, 11) is 0. The minimum Gasteiger partial charge on any atom is -0.420 e. The van der Waals surface area contributed by atoms with E-state index in [1.54, 1.807) is 6.20 Å². The lowest BCUT2D eigenvalue weighted by molar-refractivity contribution is 0.591. The van der Waals surface area contributed by atoms with Gasteiger partial charge in [-0.2, -0.15) is 0 Å². The molecule has 4 rings (SSSR count). The van der Waals surface area contributed by atoms with Gasteiger partial charge < -0.3 is 9.73 Å². The van der Waals surface area contributed by atoms with E-state index in [0.717, 1.165) is 22.3 Å². The van der Waals surface area contributed by atoms with Crippen molar-refractivity contribution >= 4 is 22.6 Å². The molecule has 0 bridgehead atoms. The Labute approximate surface area is 127 Å². The molecule has 0 unspecified atom stereocenters. The SMILES string of the molecule is c1ccc(-c2ncc(Nc3ccc4ccccc4n3)o2)cc1. The number of anilines is 2. The third kappa shape index (κ3) is 2.42. The van der Waals surface area contributed by atoms with Gasteiger partial charge in [0, 0.05) is 10.9 Å². The Kier molecular flexibility index (Phi) is 3.05. The van der Waals surface area contributed by atoms with E-state index in [2.05, 4.69) is 15.3 Å². The molecule has 0 saturated carbocycles. The van der Waals surface area contributed by atoms with Crippen molar-refractivity contribution in [3.8, 4) is 11.5 Å². The zero-order valence-corrected chi connectivity index (χ0v) is 11.7. The highest BCUT2D eigenvalue weighted by Crippen LogP contribution is 2.24. The molecule has 4 aromatic rings. The summed E-state index contributed by atoms with van der Waals surface area (Å²) in [5.41, 5.74) is 1.89. The summed E-state index contributed by atoms with van der Waals surface area (Å²) in [4.78, 5) is 8.84. The smallest absolute Gasteiger partial charge is 0.228 e. The lowest BCUT2D eigenvalue weighted by Gasteiger charge is -2.03. The van der Waals surface area contributed by atoms with Crippen LogP contribution in [0.1, 0.15) is 0 Å². The van der Waals surface area contributed by atoms with Crippen molar-refractivity contribution in [3.63, 3.8) is 0 Å². The number of rotatable bonds is 3. The Morgan fingerprint density at radius 2 is 1.64 bits per heavy atom. The van der Waals surface area contributed by atoms with E-state index < -0.39 is 0 Å². The van der Waals surface area contributed by atoms with Crippen LogP contribution >= 0.6 is 0 Å². The molecular weight excluding hydrogens is 274 g/mol. The molecule has 106 valence electrons. The fourth-order valence-electron chi connectivity index (χ4n) is 2.31. The van der Waals surface area contributed by atoms with Gasteiger partial charge in [-0.15, -0.1) is 0 Å². The lowest BCUT2D eigenvalue weighted by Crippen LogP contribution is -1.91. The van der Waals surface area contributed by atoms with Gasteiger partial charge >= 0.3 is 0 Å². The number of benzene rings is 2. The molecule has 0 aliphatic rings. The fourth-order valence-corrected chi connectivity index (χ4v) is 2.31. The monoisotopic (exact) mass is 287 g/mol. The molecule has 0 amide bonds. The van der Waals surface area contributed by atoms with Gasteiger partial charge in [-0.1, -0.05) is 36.4 Å². The van der Waals surface area contributed by atoms with Gasteiger partial charge in [0.2, 0.25) is 11.8 Å². The number of nitrogens with one attached hydrogen (secondary N) is 1. The van der Waals surface area contributed by atoms with Gasteiger partial charge in [-0.3, -0.25) is 0 Å². The average Bonchev–Trinajstić information content (AvgIpc) is 3.04. The molecular formula is C18H13N3O. The zero-order chi connectivity index (χ0) is 14.8. The van der Waals surface area contributed by atoms with Crippen molar-refractivity contribution < 1.29 is 4.42 Å². The van der Waals surface area contributed by atoms with E-state index in [0.29, 0.717) is 11.8 Å². The maximum atomic E-state index is 5.72. The second kappa shape index (κ2) is 5.33. The van der Waals surface area contributed by atoms with Crippen molar-refractivity contribution in [2.45, 2.75) is 0 Å². The fraction of sp³-hybridized carbons (Fsp3) is 0. The molecule has 0 saturated heterocycles. The number of oxazole rings is 1. The summed E-state index contributed by atoms with van der Waals surface area (Å²) in [5, 5.41) is 4.25. The predicted molar refractivity (Wildman–Crippen MR) is 87.0 cm³/mol. The summed E-state index contributed by atoms with van der Waals surface area (Å²) in [6, 6.07) is 21.7. The van der Waals surface area contributed by atoms with E-state index in [1.165, 1.54) is 0 Å². The van der Waals surface area contributed by atoms with Crippen molar-refractivity contribution in [2.24, 2.45) is 0 Å². The number of hydrogen-bond donors (Lipinski definition) is 1. The standard InChI is InChI=1S/C18H13N3O/c1-2-7-14(8-3-1)18-19-12-17(22-18)21-16-11-10-13-6-4-5-9-15(13)20-16/h1-12H,(H,20,21). The van der Waals surface area contributed by atoms with E-state index in [9.17, 15) is 0 Å². The number of nitrogens with zero attached hydrogens (tertiary/aromatic N) is 2. The first kappa shape index (κ1) is 12.6. The van der Waals surface area contributed by atoms with E-state index in [-0.39, 0.29) is 0 Å². The number of hydrogen-bond acceptors (Lipinski definition) is 4.